The summed E-state index contributed by atoms with van der Waals surface area (Å²) in [7, 11) is 0. The summed E-state index contributed by atoms with van der Waals surface area (Å²) in [6.45, 7) is 1.34. The Morgan fingerprint density at radius 2 is 1.69 bits per heavy atom. The van der Waals surface area contributed by atoms with E-state index in [1.165, 1.54) is 19.1 Å². The van der Waals surface area contributed by atoms with Crippen molar-refractivity contribution in [3.8, 4) is 0 Å². The third-order valence-electron chi connectivity index (χ3n) is 4.44. The number of carbonyl (C=O) groups is 2. The molecule has 3 aromatic rings. The number of hydrogen-bond donors (Lipinski definition) is 4. The molecule has 1 heterocycles. The number of nitrogens with zero attached hydrogens (tertiary/aromatic N) is 1. The summed E-state index contributed by atoms with van der Waals surface area (Å²) >= 11 is 0. The van der Waals surface area contributed by atoms with Gasteiger partial charge >= 0.3 is 6.18 Å². The van der Waals surface area contributed by atoms with Crippen LogP contribution in [-0.2, 0) is 17.5 Å². The van der Waals surface area contributed by atoms with Gasteiger partial charge in [-0.05, 0) is 35.9 Å². The summed E-state index contributed by atoms with van der Waals surface area (Å²) in [5.74, 6) is -0.710. The molecule has 0 unspecified atom stereocenters. The van der Waals surface area contributed by atoms with E-state index >= 15 is 0 Å². The number of halogens is 3. The highest BCUT2D eigenvalue weighted by atomic mass is 19.4. The van der Waals surface area contributed by atoms with E-state index in [9.17, 15) is 22.8 Å². The number of nitrogens with two attached hydrogens (primary N) is 1. The summed E-state index contributed by atoms with van der Waals surface area (Å²) in [6.07, 6.45) is -3.90. The third-order valence-corrected chi connectivity index (χ3v) is 4.44. The van der Waals surface area contributed by atoms with Gasteiger partial charge in [-0.2, -0.15) is 13.2 Å². The van der Waals surface area contributed by atoms with Crippen LogP contribution in [0.5, 0.6) is 0 Å². The van der Waals surface area contributed by atoms with Crippen LogP contribution in [0.3, 0.4) is 0 Å². The molecule has 32 heavy (non-hydrogen) atoms. The Labute approximate surface area is 181 Å². The number of rotatable bonds is 7. The number of carbonyl (C=O) groups excluding carboxylic acids is 2. The van der Waals surface area contributed by atoms with Crippen LogP contribution in [0.2, 0.25) is 0 Å². The molecule has 0 aliphatic heterocycles. The van der Waals surface area contributed by atoms with Crippen molar-refractivity contribution in [3.05, 3.63) is 77.5 Å². The number of alkyl halides is 3. The first-order valence-electron chi connectivity index (χ1n) is 9.47. The predicted octanol–water partition coefficient (Wildman–Crippen LogP) is 4.51. The molecule has 10 heteroatoms. The summed E-state index contributed by atoms with van der Waals surface area (Å²) in [5.41, 5.74) is 6.03. The second-order valence-electron chi connectivity index (χ2n) is 6.87. The smallest absolute Gasteiger partial charge is 0.380 e. The standard InChI is InChI=1S/C22H20F3N5O2/c1-13(31)29-15-6-8-16(9-7-15)30-20-10-19(18(12-28-20)22(23,24)25)27-11-14-4-2-3-5-17(14)21(26)32/h2-10,12H,11H2,1H3,(H2,26,32)(H,29,31)(H2,27,28,30). The number of hydrogen-bond acceptors (Lipinski definition) is 5. The average molecular weight is 443 g/mol. The highest BCUT2D eigenvalue weighted by molar-refractivity contribution is 5.94. The van der Waals surface area contributed by atoms with Crippen molar-refractivity contribution < 1.29 is 22.8 Å². The van der Waals surface area contributed by atoms with Gasteiger partial charge in [0.25, 0.3) is 0 Å². The van der Waals surface area contributed by atoms with Gasteiger partial charge in [-0.25, -0.2) is 4.98 Å². The summed E-state index contributed by atoms with van der Waals surface area (Å²) in [6, 6.07) is 14.2. The molecule has 0 saturated heterocycles. The fourth-order valence-corrected chi connectivity index (χ4v) is 2.99. The van der Waals surface area contributed by atoms with Crippen molar-refractivity contribution in [1.29, 1.82) is 0 Å². The van der Waals surface area contributed by atoms with E-state index in [4.69, 9.17) is 5.73 Å². The van der Waals surface area contributed by atoms with Crippen molar-refractivity contribution in [2.75, 3.05) is 16.0 Å². The summed E-state index contributed by atoms with van der Waals surface area (Å²) < 4.78 is 40.4. The predicted molar refractivity (Wildman–Crippen MR) is 116 cm³/mol. The molecule has 0 fully saturated rings. The van der Waals surface area contributed by atoms with Crippen LogP contribution >= 0.6 is 0 Å². The average Bonchev–Trinajstić information content (AvgIpc) is 2.72. The minimum Gasteiger partial charge on any atom is -0.380 e. The molecule has 0 aliphatic rings. The zero-order chi connectivity index (χ0) is 23.3. The van der Waals surface area contributed by atoms with Crippen LogP contribution in [0, 0.1) is 0 Å². The van der Waals surface area contributed by atoms with Gasteiger partial charge in [0.1, 0.15) is 5.82 Å². The second-order valence-corrected chi connectivity index (χ2v) is 6.87. The maximum absolute atomic E-state index is 13.5. The molecule has 0 aliphatic carbocycles. The van der Waals surface area contributed by atoms with Gasteiger partial charge in [0.15, 0.2) is 0 Å². The lowest BCUT2D eigenvalue weighted by atomic mass is 10.1. The van der Waals surface area contributed by atoms with Crippen LogP contribution < -0.4 is 21.7 Å². The van der Waals surface area contributed by atoms with Gasteiger partial charge in [-0.15, -0.1) is 0 Å². The topological polar surface area (TPSA) is 109 Å². The Hall–Kier alpha value is -4.08. The number of primary amides is 1. The number of pyridine rings is 1. The number of benzene rings is 2. The molecule has 0 saturated carbocycles. The quantitative estimate of drug-likeness (QED) is 0.430. The van der Waals surface area contributed by atoms with Crippen LogP contribution in [-0.4, -0.2) is 16.8 Å². The van der Waals surface area contributed by atoms with Crippen LogP contribution in [0.25, 0.3) is 0 Å². The molecular formula is C22H20F3N5O2. The molecular weight excluding hydrogens is 423 g/mol. The number of nitrogens with one attached hydrogen (secondary N) is 3. The van der Waals surface area contributed by atoms with Gasteiger partial charge in [0.2, 0.25) is 11.8 Å². The van der Waals surface area contributed by atoms with Gasteiger partial charge < -0.3 is 21.7 Å². The Balaban J connectivity index is 1.84. The molecule has 5 N–H and O–H groups in total. The second kappa shape index (κ2) is 9.38. The van der Waals surface area contributed by atoms with E-state index in [0.717, 1.165) is 6.20 Å². The Morgan fingerprint density at radius 1 is 1.03 bits per heavy atom. The number of amides is 2. The highest BCUT2D eigenvalue weighted by Crippen LogP contribution is 2.36. The first-order valence-corrected chi connectivity index (χ1v) is 9.47. The maximum Gasteiger partial charge on any atom is 0.419 e. The molecule has 0 spiro atoms. The van der Waals surface area contributed by atoms with Crippen LogP contribution in [0.4, 0.5) is 36.1 Å². The van der Waals surface area contributed by atoms with E-state index in [-0.39, 0.29) is 29.5 Å². The largest absolute Gasteiger partial charge is 0.419 e. The first kappa shape index (κ1) is 22.6. The molecule has 166 valence electrons. The number of anilines is 4. The summed E-state index contributed by atoms with van der Waals surface area (Å²) in [5, 5.41) is 8.28. The molecule has 2 aromatic carbocycles. The minimum atomic E-state index is -4.63. The van der Waals surface area contributed by atoms with Crippen LogP contribution in [0.1, 0.15) is 28.4 Å². The lowest BCUT2D eigenvalue weighted by Crippen LogP contribution is -2.16. The van der Waals surface area contributed by atoms with Gasteiger partial charge in [0, 0.05) is 42.7 Å². The molecule has 1 aromatic heterocycles. The Bertz CT molecular complexity index is 1130. The first-order chi connectivity index (χ1) is 15.1. The van der Waals surface area contributed by atoms with Crippen molar-refractivity contribution >= 4 is 34.7 Å². The van der Waals surface area contributed by atoms with Crippen molar-refractivity contribution in [2.24, 2.45) is 5.73 Å². The maximum atomic E-state index is 13.5. The van der Waals surface area contributed by atoms with Crippen molar-refractivity contribution in [1.82, 2.24) is 4.98 Å². The Kier molecular flexibility index (Phi) is 6.62. The lowest BCUT2D eigenvalue weighted by Gasteiger charge is -2.17. The molecule has 0 atom stereocenters. The van der Waals surface area contributed by atoms with E-state index in [0.29, 0.717) is 16.9 Å². The van der Waals surface area contributed by atoms with Gasteiger partial charge in [-0.3, -0.25) is 9.59 Å². The molecule has 0 bridgehead atoms. The van der Waals surface area contributed by atoms with Crippen molar-refractivity contribution in [3.63, 3.8) is 0 Å². The highest BCUT2D eigenvalue weighted by Gasteiger charge is 2.34. The van der Waals surface area contributed by atoms with E-state index in [2.05, 4.69) is 20.9 Å². The zero-order valence-electron chi connectivity index (χ0n) is 17.0. The van der Waals surface area contributed by atoms with Gasteiger partial charge in [0.05, 0.1) is 11.3 Å². The molecule has 3 rings (SSSR count). The monoisotopic (exact) mass is 443 g/mol. The van der Waals surface area contributed by atoms with Crippen molar-refractivity contribution in [2.45, 2.75) is 19.6 Å². The lowest BCUT2D eigenvalue weighted by molar-refractivity contribution is -0.137. The number of aromatic nitrogens is 1. The molecule has 2 amide bonds. The van der Waals surface area contributed by atoms with E-state index in [1.54, 1.807) is 42.5 Å². The van der Waals surface area contributed by atoms with Gasteiger partial charge in [-0.1, -0.05) is 18.2 Å². The van der Waals surface area contributed by atoms with E-state index < -0.39 is 17.6 Å². The SMILES string of the molecule is CC(=O)Nc1ccc(Nc2cc(NCc3ccccc3C(N)=O)c(C(F)(F)F)cn2)cc1. The van der Waals surface area contributed by atoms with Crippen LogP contribution in [0.15, 0.2) is 60.8 Å². The fourth-order valence-electron chi connectivity index (χ4n) is 2.99. The summed E-state index contributed by atoms with van der Waals surface area (Å²) in [4.78, 5) is 26.5. The normalized spacial score (nSPS) is 11.0. The Morgan fingerprint density at radius 3 is 2.31 bits per heavy atom. The molecule has 7 nitrogen and oxygen atoms in total. The van der Waals surface area contributed by atoms with E-state index in [1.807, 2.05) is 0 Å². The fraction of sp³-hybridized carbons (Fsp3) is 0.136. The molecule has 0 radical (unpaired) electrons. The minimum absolute atomic E-state index is 0.0446. The zero-order valence-corrected chi connectivity index (χ0v) is 17.0. The third kappa shape index (κ3) is 5.75.